The van der Waals surface area contributed by atoms with Crippen molar-refractivity contribution in [3.63, 3.8) is 0 Å². The number of aliphatic hydroxyl groups excluding tert-OH is 4. The molecule has 2 heterocycles. The first-order chi connectivity index (χ1) is 28.9. The van der Waals surface area contributed by atoms with Crippen molar-refractivity contribution in [3.05, 3.63) is 41.5 Å². The SMILES string of the molecule is COc1ccc(C(=O)OC2C(OC3C(O)COC(O[C@H]4C[C@H]5[C@@H]6CC=C7C[C@@H](O)CC[C@]7(C)[C@H]6CC[C@]5(C)[C@H]4[C@H](C)C(=O)CCC(C)C)C3OC(N)=O)OCC(O)C2O)cc1. The molecule has 1 amide bonds. The second-order valence-electron chi connectivity index (χ2n) is 19.5. The van der Waals surface area contributed by atoms with E-state index in [0.29, 0.717) is 42.8 Å². The van der Waals surface area contributed by atoms with Gasteiger partial charge >= 0.3 is 12.1 Å². The van der Waals surface area contributed by atoms with Gasteiger partial charge in [-0.2, -0.15) is 0 Å². The molecule has 0 radical (unpaired) electrons. The highest BCUT2D eigenvalue weighted by atomic mass is 16.7. The standard InChI is InChI=1S/C46H67NO14/c1-23(2)7-14-32(49)24(3)36-35(20-31-29-13-10-26-19-27(48)15-17-45(26,4)30(29)16-18-46(31,36)5)58-43-40(61-44(47)54)38(34(51)22-57-43)60-42-39(37(52)33(50)21-56-42)59-41(53)25-8-11-28(55-6)12-9-25/h8-12,23-24,27,29-31,33-40,42-43,48,50-52H,7,13-22H2,1-6H3,(H2,47,54)/t24-,27+,29-,30+,31+,33?,34?,35+,36+,37?,38?,39?,40?,42?,43?,45+,46+/m1/s1. The first kappa shape index (κ1) is 45.9. The molecule has 2 aliphatic heterocycles. The van der Waals surface area contributed by atoms with Crippen LogP contribution in [0.4, 0.5) is 4.79 Å². The number of ether oxygens (including phenoxy) is 7. The number of hydrogen-bond acceptors (Lipinski definition) is 14. The molecule has 1 aromatic carbocycles. The maximum absolute atomic E-state index is 14.1. The van der Waals surface area contributed by atoms with Crippen LogP contribution in [0.25, 0.3) is 0 Å². The highest BCUT2D eigenvalue weighted by Gasteiger charge is 2.64. The third-order valence-electron chi connectivity index (χ3n) is 15.4. The predicted octanol–water partition coefficient (Wildman–Crippen LogP) is 4.44. The number of primary amides is 1. The number of ketones is 1. The summed E-state index contributed by atoms with van der Waals surface area (Å²) >= 11 is 0. The number of carbonyl (C=O) groups is 3. The molecule has 0 spiro atoms. The van der Waals surface area contributed by atoms with Gasteiger partial charge in [-0.3, -0.25) is 4.79 Å². The van der Waals surface area contributed by atoms with Crippen LogP contribution in [0, 0.1) is 46.3 Å². The summed E-state index contributed by atoms with van der Waals surface area (Å²) in [7, 11) is 1.49. The molecule has 17 atom stereocenters. The Hall–Kier alpha value is -3.15. The number of rotatable bonds is 13. The van der Waals surface area contributed by atoms with Crippen molar-refractivity contribution in [3.8, 4) is 5.75 Å². The van der Waals surface area contributed by atoms with Crippen molar-refractivity contribution >= 4 is 17.8 Å². The molecule has 6 N–H and O–H groups in total. The number of fused-ring (bicyclic) bond motifs is 5. The number of nitrogens with two attached hydrogens (primary N) is 1. The lowest BCUT2D eigenvalue weighted by Gasteiger charge is -2.58. The molecule has 5 fully saturated rings. The van der Waals surface area contributed by atoms with Gasteiger partial charge in [-0.05, 0) is 110 Å². The Bertz CT molecular complexity index is 1760. The van der Waals surface area contributed by atoms with Gasteiger partial charge < -0.3 is 59.3 Å². The van der Waals surface area contributed by atoms with Crippen molar-refractivity contribution in [2.75, 3.05) is 20.3 Å². The molecule has 1 aromatic rings. The van der Waals surface area contributed by atoms with Gasteiger partial charge in [0, 0.05) is 18.3 Å². The molecule has 8 unspecified atom stereocenters. The zero-order valence-electron chi connectivity index (χ0n) is 36.4. The number of allylic oxidation sites excluding steroid dienone is 1. The van der Waals surface area contributed by atoms with E-state index >= 15 is 0 Å². The van der Waals surface area contributed by atoms with Gasteiger partial charge in [-0.1, -0.05) is 46.3 Å². The Balaban J connectivity index is 1.16. The average Bonchev–Trinajstić information content (AvgIpc) is 3.52. The number of carbonyl (C=O) groups excluding carboxylic acids is 3. The van der Waals surface area contributed by atoms with Crippen LogP contribution in [0.1, 0.15) is 103 Å². The van der Waals surface area contributed by atoms with Crippen molar-refractivity contribution in [1.29, 1.82) is 0 Å². The molecule has 4 aliphatic carbocycles. The highest BCUT2D eigenvalue weighted by molar-refractivity contribution is 5.89. The number of aliphatic hydroxyl groups is 4. The molecule has 15 nitrogen and oxygen atoms in total. The minimum absolute atomic E-state index is 0.00411. The summed E-state index contributed by atoms with van der Waals surface area (Å²) in [5.41, 5.74) is 6.85. The maximum Gasteiger partial charge on any atom is 0.405 e. The lowest BCUT2D eigenvalue weighted by atomic mass is 9.47. The van der Waals surface area contributed by atoms with Gasteiger partial charge in [0.15, 0.2) is 24.8 Å². The molecule has 7 rings (SSSR count). The van der Waals surface area contributed by atoms with Crippen LogP contribution >= 0.6 is 0 Å². The van der Waals surface area contributed by atoms with Gasteiger partial charge in [-0.25, -0.2) is 9.59 Å². The van der Waals surface area contributed by atoms with Gasteiger partial charge in [-0.15, -0.1) is 0 Å². The minimum atomic E-state index is -1.64. The van der Waals surface area contributed by atoms with Gasteiger partial charge in [0.1, 0.15) is 35.9 Å². The summed E-state index contributed by atoms with van der Waals surface area (Å²) in [5.74, 6) is 0.577. The van der Waals surface area contributed by atoms with Crippen LogP contribution in [0.5, 0.6) is 5.75 Å². The number of esters is 1. The fourth-order valence-corrected chi connectivity index (χ4v) is 12.1. The monoisotopic (exact) mass is 857 g/mol. The summed E-state index contributed by atoms with van der Waals surface area (Å²) < 4.78 is 41.6. The van der Waals surface area contributed by atoms with E-state index < -0.39 is 74.0 Å². The summed E-state index contributed by atoms with van der Waals surface area (Å²) in [6.45, 7) is 10.2. The predicted molar refractivity (Wildman–Crippen MR) is 219 cm³/mol. The third-order valence-corrected chi connectivity index (χ3v) is 15.4. The van der Waals surface area contributed by atoms with Crippen molar-refractivity contribution < 1.29 is 68.0 Å². The molecular weight excluding hydrogens is 790 g/mol. The third kappa shape index (κ3) is 9.13. The van der Waals surface area contributed by atoms with Crippen LogP contribution in [-0.2, 0) is 33.2 Å². The topological polar surface area (TPSA) is 223 Å². The van der Waals surface area contributed by atoms with E-state index in [4.69, 9.17) is 38.9 Å². The Morgan fingerprint density at radius 1 is 0.869 bits per heavy atom. The summed E-state index contributed by atoms with van der Waals surface area (Å²) in [4.78, 5) is 39.9. The molecular formula is C46H67NO14. The summed E-state index contributed by atoms with van der Waals surface area (Å²) in [5, 5.41) is 43.5. The van der Waals surface area contributed by atoms with Gasteiger partial charge in [0.25, 0.3) is 0 Å². The fraction of sp³-hybridized carbons (Fsp3) is 0.761. The van der Waals surface area contributed by atoms with Crippen LogP contribution in [-0.4, -0.2) is 120 Å². The van der Waals surface area contributed by atoms with Crippen molar-refractivity contribution in [2.45, 2.75) is 154 Å². The van der Waals surface area contributed by atoms with Gasteiger partial charge in [0.2, 0.25) is 0 Å². The fourth-order valence-electron chi connectivity index (χ4n) is 12.1. The molecule has 340 valence electrons. The molecule has 2 saturated heterocycles. The Labute approximate surface area is 358 Å². The molecule has 6 aliphatic rings. The van der Waals surface area contributed by atoms with E-state index in [1.54, 1.807) is 12.1 Å². The van der Waals surface area contributed by atoms with E-state index in [0.717, 1.165) is 38.5 Å². The molecule has 0 aromatic heterocycles. The Morgan fingerprint density at radius 2 is 1.56 bits per heavy atom. The number of hydrogen-bond donors (Lipinski definition) is 5. The second kappa shape index (κ2) is 18.5. The van der Waals surface area contributed by atoms with Crippen LogP contribution in [0.15, 0.2) is 35.9 Å². The first-order valence-corrected chi connectivity index (χ1v) is 22.2. The maximum atomic E-state index is 14.1. The largest absolute Gasteiger partial charge is 0.497 e. The zero-order valence-corrected chi connectivity index (χ0v) is 36.4. The normalized spacial score (nSPS) is 41.4. The molecule has 61 heavy (non-hydrogen) atoms. The average molecular weight is 858 g/mol. The lowest BCUT2D eigenvalue weighted by Crippen LogP contribution is -2.62. The number of Topliss-reactive ketones (excluding diaryl/α,β-unsaturated/α-hetero) is 1. The second-order valence-corrected chi connectivity index (χ2v) is 19.5. The Kier molecular flexibility index (Phi) is 13.9. The van der Waals surface area contributed by atoms with E-state index in [9.17, 15) is 34.8 Å². The van der Waals surface area contributed by atoms with Crippen LogP contribution < -0.4 is 10.5 Å². The van der Waals surface area contributed by atoms with E-state index in [-0.39, 0.29) is 52.6 Å². The van der Waals surface area contributed by atoms with E-state index in [1.807, 2.05) is 6.92 Å². The van der Waals surface area contributed by atoms with Crippen LogP contribution in [0.2, 0.25) is 0 Å². The van der Waals surface area contributed by atoms with E-state index in [2.05, 4.69) is 33.8 Å². The van der Waals surface area contributed by atoms with Crippen molar-refractivity contribution in [1.82, 2.24) is 0 Å². The highest BCUT2D eigenvalue weighted by Crippen LogP contribution is 2.68. The number of benzene rings is 1. The molecule has 0 bridgehead atoms. The zero-order chi connectivity index (χ0) is 44.0. The first-order valence-electron chi connectivity index (χ1n) is 22.2. The Morgan fingerprint density at radius 3 is 2.23 bits per heavy atom. The van der Waals surface area contributed by atoms with Gasteiger partial charge in [0.05, 0.1) is 38.1 Å². The molecule has 3 saturated carbocycles. The smallest absolute Gasteiger partial charge is 0.405 e. The minimum Gasteiger partial charge on any atom is -0.497 e. The van der Waals surface area contributed by atoms with Crippen molar-refractivity contribution in [2.24, 2.45) is 52.1 Å². The summed E-state index contributed by atoms with van der Waals surface area (Å²) in [6, 6.07) is 6.07. The molecule has 15 heteroatoms. The lowest BCUT2D eigenvalue weighted by molar-refractivity contribution is -0.338. The van der Waals surface area contributed by atoms with E-state index in [1.165, 1.54) is 24.8 Å². The number of amides is 1. The van der Waals surface area contributed by atoms with Crippen LogP contribution in [0.3, 0.4) is 0 Å². The quantitative estimate of drug-likeness (QED) is 0.137. The summed E-state index contributed by atoms with van der Waals surface area (Å²) in [6.07, 6.45) is -4.40. The number of methoxy groups -OCH3 is 1.